The van der Waals surface area contributed by atoms with Gasteiger partial charge in [0.25, 0.3) is 0 Å². The van der Waals surface area contributed by atoms with Gasteiger partial charge in [-0.25, -0.2) is 0 Å². The molecule has 1 aromatic heterocycles. The largest absolute Gasteiger partial charge is 0.296 e. The average molecular weight is 204 g/mol. The van der Waals surface area contributed by atoms with Crippen LogP contribution in [0.3, 0.4) is 0 Å². The van der Waals surface area contributed by atoms with Crippen LogP contribution in [-0.2, 0) is 15.0 Å². The van der Waals surface area contributed by atoms with E-state index in [0.29, 0.717) is 12.8 Å². The second kappa shape index (κ2) is 3.46. The zero-order chi connectivity index (χ0) is 10.9. The fraction of sp³-hybridized carbons (Fsp3) is 0.364. The normalized spacial score (nSPS) is 26.2. The van der Waals surface area contributed by atoms with Crippen LogP contribution in [0.1, 0.15) is 25.3 Å². The Labute approximate surface area is 87.7 Å². The lowest BCUT2D eigenvalue weighted by Crippen LogP contribution is -2.49. The van der Waals surface area contributed by atoms with Gasteiger partial charge in [-0.3, -0.25) is 19.9 Å². The van der Waals surface area contributed by atoms with E-state index in [2.05, 4.69) is 10.3 Å². The highest BCUT2D eigenvalue weighted by Gasteiger charge is 2.39. The number of nitrogens with one attached hydrogen (secondary N) is 1. The lowest BCUT2D eigenvalue weighted by molar-refractivity contribution is -0.137. The van der Waals surface area contributed by atoms with Crippen molar-refractivity contribution in [2.45, 2.75) is 25.2 Å². The molecule has 4 heteroatoms. The Hall–Kier alpha value is -1.71. The lowest BCUT2D eigenvalue weighted by atomic mass is 9.76. The molecule has 0 unspecified atom stereocenters. The molecule has 0 saturated carbocycles. The van der Waals surface area contributed by atoms with Crippen LogP contribution >= 0.6 is 0 Å². The molecule has 4 nitrogen and oxygen atoms in total. The second-order valence-electron chi connectivity index (χ2n) is 3.95. The molecule has 1 aliphatic heterocycles. The predicted octanol–water partition coefficient (Wildman–Crippen LogP) is 0.776. The van der Waals surface area contributed by atoms with Gasteiger partial charge in [-0.05, 0) is 31.0 Å². The van der Waals surface area contributed by atoms with Crippen molar-refractivity contribution >= 4 is 11.8 Å². The highest BCUT2D eigenvalue weighted by molar-refractivity contribution is 6.03. The molecule has 1 N–H and O–H groups in total. The van der Waals surface area contributed by atoms with Gasteiger partial charge in [-0.15, -0.1) is 0 Å². The van der Waals surface area contributed by atoms with E-state index in [1.54, 1.807) is 12.4 Å². The topological polar surface area (TPSA) is 59.1 Å². The molecule has 1 aliphatic rings. The Balaban J connectivity index is 2.35. The van der Waals surface area contributed by atoms with Crippen LogP contribution in [0, 0.1) is 0 Å². The lowest BCUT2D eigenvalue weighted by Gasteiger charge is -2.31. The number of pyridine rings is 1. The summed E-state index contributed by atoms with van der Waals surface area (Å²) in [5.41, 5.74) is 0.305. The number of hydrogen-bond donors (Lipinski definition) is 1. The van der Waals surface area contributed by atoms with Crippen LogP contribution in [0.15, 0.2) is 24.5 Å². The smallest absolute Gasteiger partial charge is 0.236 e. The molecule has 1 fully saturated rings. The van der Waals surface area contributed by atoms with Crippen LogP contribution in [-0.4, -0.2) is 16.8 Å². The highest BCUT2D eigenvalue weighted by atomic mass is 16.2. The van der Waals surface area contributed by atoms with Crippen molar-refractivity contribution in [2.75, 3.05) is 0 Å². The van der Waals surface area contributed by atoms with E-state index in [4.69, 9.17) is 0 Å². The minimum atomic E-state index is -0.600. The molecular formula is C11H12N2O2. The summed E-state index contributed by atoms with van der Waals surface area (Å²) in [6.07, 6.45) is 4.26. The molecule has 1 atom stereocenters. The minimum absolute atomic E-state index is 0.188. The molecule has 0 aromatic carbocycles. The molecule has 2 rings (SSSR count). The van der Waals surface area contributed by atoms with Crippen molar-refractivity contribution in [2.24, 2.45) is 0 Å². The van der Waals surface area contributed by atoms with Gasteiger partial charge in [0.2, 0.25) is 11.8 Å². The van der Waals surface area contributed by atoms with E-state index in [0.717, 1.165) is 5.56 Å². The fourth-order valence-corrected chi connectivity index (χ4v) is 1.80. The fourth-order valence-electron chi connectivity index (χ4n) is 1.80. The maximum atomic E-state index is 11.8. The summed E-state index contributed by atoms with van der Waals surface area (Å²) in [5, 5.41) is 2.37. The monoisotopic (exact) mass is 204 g/mol. The van der Waals surface area contributed by atoms with Gasteiger partial charge >= 0.3 is 0 Å². The molecule has 0 radical (unpaired) electrons. The zero-order valence-electron chi connectivity index (χ0n) is 8.49. The third kappa shape index (κ3) is 1.63. The molecule has 15 heavy (non-hydrogen) atoms. The predicted molar refractivity (Wildman–Crippen MR) is 54.0 cm³/mol. The standard InChI is InChI=1S/C11H12N2O2/c1-11(8-3-6-12-7-4-8)5-2-9(14)13-10(11)15/h3-4,6-7H,2,5H2,1H3,(H,13,14,15)/t11-/m0/s1. The summed E-state index contributed by atoms with van der Waals surface area (Å²) in [4.78, 5) is 26.7. The summed E-state index contributed by atoms with van der Waals surface area (Å²) < 4.78 is 0. The van der Waals surface area contributed by atoms with Crippen molar-refractivity contribution in [3.8, 4) is 0 Å². The first-order chi connectivity index (χ1) is 7.13. The summed E-state index contributed by atoms with van der Waals surface area (Å²) in [6, 6.07) is 3.63. The molecular weight excluding hydrogens is 192 g/mol. The Kier molecular flexibility index (Phi) is 2.26. The van der Waals surface area contributed by atoms with Crippen molar-refractivity contribution in [1.29, 1.82) is 0 Å². The zero-order valence-corrected chi connectivity index (χ0v) is 8.49. The third-order valence-electron chi connectivity index (χ3n) is 2.92. The number of hydrogen-bond acceptors (Lipinski definition) is 3. The van der Waals surface area contributed by atoms with Crippen LogP contribution < -0.4 is 5.32 Å². The van der Waals surface area contributed by atoms with E-state index < -0.39 is 5.41 Å². The molecule has 78 valence electrons. The van der Waals surface area contributed by atoms with Gasteiger partial charge in [0.1, 0.15) is 0 Å². The van der Waals surface area contributed by atoms with Crippen LogP contribution in [0.4, 0.5) is 0 Å². The Morgan fingerprint density at radius 1 is 1.33 bits per heavy atom. The van der Waals surface area contributed by atoms with Crippen molar-refractivity contribution in [3.63, 3.8) is 0 Å². The number of imide groups is 1. The van der Waals surface area contributed by atoms with Gasteiger partial charge in [-0.1, -0.05) is 0 Å². The first kappa shape index (κ1) is 9.83. The molecule has 0 aliphatic carbocycles. The molecule has 1 aromatic rings. The second-order valence-corrected chi connectivity index (χ2v) is 3.95. The van der Waals surface area contributed by atoms with Gasteiger partial charge < -0.3 is 0 Å². The minimum Gasteiger partial charge on any atom is -0.296 e. The number of rotatable bonds is 1. The van der Waals surface area contributed by atoms with E-state index >= 15 is 0 Å². The summed E-state index contributed by atoms with van der Waals surface area (Å²) in [5.74, 6) is -0.406. The number of amides is 2. The van der Waals surface area contributed by atoms with Gasteiger partial charge in [0.05, 0.1) is 5.41 Å². The Bertz CT molecular complexity index is 402. The molecule has 0 spiro atoms. The molecule has 0 bridgehead atoms. The summed E-state index contributed by atoms with van der Waals surface area (Å²) in [6.45, 7) is 1.85. The number of carbonyl (C=O) groups is 2. The van der Waals surface area contributed by atoms with E-state index in [9.17, 15) is 9.59 Å². The van der Waals surface area contributed by atoms with Gasteiger partial charge in [0.15, 0.2) is 0 Å². The Morgan fingerprint density at radius 3 is 2.60 bits per heavy atom. The van der Waals surface area contributed by atoms with E-state index in [1.807, 2.05) is 19.1 Å². The molecule has 2 heterocycles. The van der Waals surface area contributed by atoms with Gasteiger partial charge in [0, 0.05) is 18.8 Å². The van der Waals surface area contributed by atoms with Crippen molar-refractivity contribution in [1.82, 2.24) is 10.3 Å². The van der Waals surface area contributed by atoms with Crippen molar-refractivity contribution in [3.05, 3.63) is 30.1 Å². The maximum absolute atomic E-state index is 11.8. The number of piperidine rings is 1. The molecule has 2 amide bonds. The summed E-state index contributed by atoms with van der Waals surface area (Å²) in [7, 11) is 0. The quantitative estimate of drug-likeness (QED) is 0.687. The first-order valence-corrected chi connectivity index (χ1v) is 4.88. The Morgan fingerprint density at radius 2 is 2.00 bits per heavy atom. The van der Waals surface area contributed by atoms with Gasteiger partial charge in [-0.2, -0.15) is 0 Å². The van der Waals surface area contributed by atoms with Crippen LogP contribution in [0.2, 0.25) is 0 Å². The number of nitrogens with zero attached hydrogens (tertiary/aromatic N) is 1. The summed E-state index contributed by atoms with van der Waals surface area (Å²) >= 11 is 0. The van der Waals surface area contributed by atoms with Crippen molar-refractivity contribution < 1.29 is 9.59 Å². The van der Waals surface area contributed by atoms with Crippen LogP contribution in [0.25, 0.3) is 0 Å². The third-order valence-corrected chi connectivity index (χ3v) is 2.92. The number of carbonyl (C=O) groups excluding carboxylic acids is 2. The van der Waals surface area contributed by atoms with Crippen LogP contribution in [0.5, 0.6) is 0 Å². The first-order valence-electron chi connectivity index (χ1n) is 4.88. The number of aromatic nitrogens is 1. The SMILES string of the molecule is C[C@@]1(c2ccncc2)CCC(=O)NC1=O. The maximum Gasteiger partial charge on any atom is 0.236 e. The van der Waals surface area contributed by atoms with E-state index in [1.165, 1.54) is 0 Å². The average Bonchev–Trinajstić information content (AvgIpc) is 2.25. The highest BCUT2D eigenvalue weighted by Crippen LogP contribution is 2.31. The molecule has 1 saturated heterocycles. The van der Waals surface area contributed by atoms with E-state index in [-0.39, 0.29) is 11.8 Å².